The molecule has 1 rings (SSSR count). The number of amides is 1. The van der Waals surface area contributed by atoms with Crippen LogP contribution in [0.1, 0.15) is 39.0 Å². The molecule has 0 aromatic carbocycles. The SMILES string of the molecule is CCNC(=NCC(=O)NCCOC)NC1CCCCC1. The van der Waals surface area contributed by atoms with Gasteiger partial charge in [0.25, 0.3) is 0 Å². The first-order valence-corrected chi connectivity index (χ1v) is 7.56. The third-order valence-corrected chi connectivity index (χ3v) is 3.30. The number of carbonyl (C=O) groups is 1. The van der Waals surface area contributed by atoms with Crippen molar-refractivity contribution in [3.8, 4) is 0 Å². The summed E-state index contributed by atoms with van der Waals surface area (Å²) in [4.78, 5) is 15.9. The molecule has 0 spiro atoms. The predicted octanol–water partition coefficient (Wildman–Crippen LogP) is 0.637. The molecule has 1 aliphatic rings. The van der Waals surface area contributed by atoms with Gasteiger partial charge >= 0.3 is 0 Å². The maximum absolute atomic E-state index is 11.6. The first kappa shape index (κ1) is 16.8. The van der Waals surface area contributed by atoms with Gasteiger partial charge in [0.1, 0.15) is 6.54 Å². The number of hydrogen-bond donors (Lipinski definition) is 3. The van der Waals surface area contributed by atoms with Crippen molar-refractivity contribution in [2.75, 3.05) is 33.4 Å². The lowest BCUT2D eigenvalue weighted by molar-refractivity contribution is -0.119. The van der Waals surface area contributed by atoms with E-state index in [2.05, 4.69) is 20.9 Å². The second kappa shape index (κ2) is 10.5. The Morgan fingerprint density at radius 1 is 1.25 bits per heavy atom. The van der Waals surface area contributed by atoms with Crippen molar-refractivity contribution in [3.05, 3.63) is 0 Å². The molecule has 0 unspecified atom stereocenters. The lowest BCUT2D eigenvalue weighted by Crippen LogP contribution is -2.44. The van der Waals surface area contributed by atoms with Crippen LogP contribution in [0.25, 0.3) is 0 Å². The molecule has 1 fully saturated rings. The van der Waals surface area contributed by atoms with Gasteiger partial charge in [0.05, 0.1) is 6.61 Å². The highest BCUT2D eigenvalue weighted by Gasteiger charge is 2.14. The third kappa shape index (κ3) is 7.33. The van der Waals surface area contributed by atoms with Crippen LogP contribution in [0, 0.1) is 0 Å². The van der Waals surface area contributed by atoms with Crippen molar-refractivity contribution in [2.24, 2.45) is 4.99 Å². The Hall–Kier alpha value is -1.30. The second-order valence-electron chi connectivity index (χ2n) is 5.02. The molecule has 0 aromatic rings. The van der Waals surface area contributed by atoms with E-state index in [4.69, 9.17) is 4.74 Å². The van der Waals surface area contributed by atoms with E-state index in [1.807, 2.05) is 6.92 Å². The fourth-order valence-corrected chi connectivity index (χ4v) is 2.26. The molecule has 0 aromatic heterocycles. The van der Waals surface area contributed by atoms with Gasteiger partial charge in [-0.2, -0.15) is 0 Å². The molecular formula is C14H28N4O2. The van der Waals surface area contributed by atoms with E-state index < -0.39 is 0 Å². The first-order chi connectivity index (χ1) is 9.76. The van der Waals surface area contributed by atoms with Gasteiger partial charge in [-0.25, -0.2) is 4.99 Å². The number of nitrogens with one attached hydrogen (secondary N) is 3. The van der Waals surface area contributed by atoms with Crippen molar-refractivity contribution in [3.63, 3.8) is 0 Å². The summed E-state index contributed by atoms with van der Waals surface area (Å²) in [6, 6.07) is 0.484. The summed E-state index contributed by atoms with van der Waals surface area (Å²) in [6.07, 6.45) is 6.24. The summed E-state index contributed by atoms with van der Waals surface area (Å²) in [5.41, 5.74) is 0. The molecule has 1 aliphatic carbocycles. The fraction of sp³-hybridized carbons (Fsp3) is 0.857. The van der Waals surface area contributed by atoms with Crippen LogP contribution in [0.15, 0.2) is 4.99 Å². The van der Waals surface area contributed by atoms with E-state index in [1.165, 1.54) is 32.1 Å². The van der Waals surface area contributed by atoms with Crippen LogP contribution in [-0.4, -0.2) is 51.3 Å². The molecule has 0 heterocycles. The van der Waals surface area contributed by atoms with Gasteiger partial charge in [-0.3, -0.25) is 4.79 Å². The number of guanidine groups is 1. The van der Waals surface area contributed by atoms with E-state index in [1.54, 1.807) is 7.11 Å². The van der Waals surface area contributed by atoms with E-state index in [9.17, 15) is 4.79 Å². The van der Waals surface area contributed by atoms with Crippen molar-refractivity contribution in [2.45, 2.75) is 45.1 Å². The lowest BCUT2D eigenvalue weighted by Gasteiger charge is -2.24. The van der Waals surface area contributed by atoms with Crippen LogP contribution in [-0.2, 0) is 9.53 Å². The van der Waals surface area contributed by atoms with Crippen LogP contribution < -0.4 is 16.0 Å². The standard InChI is InChI=1S/C14H28N4O2/c1-3-15-14(18-12-7-5-4-6-8-12)17-11-13(19)16-9-10-20-2/h12H,3-11H2,1-2H3,(H,16,19)(H2,15,17,18). The van der Waals surface area contributed by atoms with Gasteiger partial charge in [0.15, 0.2) is 5.96 Å². The molecule has 0 saturated heterocycles. The van der Waals surface area contributed by atoms with Crippen molar-refractivity contribution in [1.82, 2.24) is 16.0 Å². The van der Waals surface area contributed by atoms with Crippen LogP contribution >= 0.6 is 0 Å². The monoisotopic (exact) mass is 284 g/mol. The fourth-order valence-electron chi connectivity index (χ4n) is 2.26. The van der Waals surface area contributed by atoms with Gasteiger partial charge in [-0.15, -0.1) is 0 Å². The number of aliphatic imine (C=N–C) groups is 1. The Morgan fingerprint density at radius 3 is 2.65 bits per heavy atom. The zero-order valence-electron chi connectivity index (χ0n) is 12.7. The van der Waals surface area contributed by atoms with E-state index >= 15 is 0 Å². The summed E-state index contributed by atoms with van der Waals surface area (Å²) in [5, 5.41) is 9.36. The number of hydrogen-bond acceptors (Lipinski definition) is 3. The largest absolute Gasteiger partial charge is 0.383 e. The smallest absolute Gasteiger partial charge is 0.241 e. The molecule has 3 N–H and O–H groups in total. The molecule has 116 valence electrons. The Balaban J connectivity index is 2.34. The zero-order chi connectivity index (χ0) is 14.6. The second-order valence-corrected chi connectivity index (χ2v) is 5.02. The van der Waals surface area contributed by atoms with Crippen molar-refractivity contribution >= 4 is 11.9 Å². The molecule has 6 heteroatoms. The van der Waals surface area contributed by atoms with E-state index in [0.29, 0.717) is 19.2 Å². The number of nitrogens with zero attached hydrogens (tertiary/aromatic N) is 1. The normalized spacial score (nSPS) is 16.8. The average Bonchev–Trinajstić information content (AvgIpc) is 2.46. The van der Waals surface area contributed by atoms with Crippen LogP contribution in [0.4, 0.5) is 0 Å². The Kier molecular flexibility index (Phi) is 8.78. The summed E-state index contributed by atoms with van der Waals surface area (Å²) in [5.74, 6) is 0.657. The molecule has 6 nitrogen and oxygen atoms in total. The minimum atomic E-state index is -0.0807. The minimum Gasteiger partial charge on any atom is -0.383 e. The Labute approximate surface area is 121 Å². The number of ether oxygens (including phenoxy) is 1. The Bertz CT molecular complexity index is 302. The topological polar surface area (TPSA) is 74.8 Å². The van der Waals surface area contributed by atoms with Gasteiger partial charge < -0.3 is 20.7 Å². The number of methoxy groups -OCH3 is 1. The predicted molar refractivity (Wildman–Crippen MR) is 80.9 cm³/mol. The van der Waals surface area contributed by atoms with Crippen molar-refractivity contribution < 1.29 is 9.53 Å². The molecule has 20 heavy (non-hydrogen) atoms. The van der Waals surface area contributed by atoms with Crippen LogP contribution in [0.3, 0.4) is 0 Å². The maximum atomic E-state index is 11.6. The van der Waals surface area contributed by atoms with E-state index in [0.717, 1.165) is 12.5 Å². The highest BCUT2D eigenvalue weighted by atomic mass is 16.5. The quantitative estimate of drug-likeness (QED) is 0.364. The number of rotatable bonds is 7. The average molecular weight is 284 g/mol. The van der Waals surface area contributed by atoms with Gasteiger partial charge in [0.2, 0.25) is 5.91 Å². The minimum absolute atomic E-state index is 0.0807. The maximum Gasteiger partial charge on any atom is 0.241 e. The molecule has 0 bridgehead atoms. The molecule has 0 aliphatic heterocycles. The van der Waals surface area contributed by atoms with Crippen LogP contribution in [0.2, 0.25) is 0 Å². The van der Waals surface area contributed by atoms with E-state index in [-0.39, 0.29) is 12.5 Å². The Morgan fingerprint density at radius 2 is 2.00 bits per heavy atom. The summed E-state index contributed by atoms with van der Waals surface area (Å²) < 4.78 is 4.88. The van der Waals surface area contributed by atoms with Gasteiger partial charge in [0, 0.05) is 26.2 Å². The summed E-state index contributed by atoms with van der Waals surface area (Å²) in [7, 11) is 1.61. The summed E-state index contributed by atoms with van der Waals surface area (Å²) >= 11 is 0. The zero-order valence-corrected chi connectivity index (χ0v) is 12.7. The van der Waals surface area contributed by atoms with Crippen molar-refractivity contribution in [1.29, 1.82) is 0 Å². The molecule has 1 amide bonds. The molecule has 0 radical (unpaired) electrons. The molecule has 0 atom stereocenters. The summed E-state index contributed by atoms with van der Waals surface area (Å²) in [6.45, 7) is 4.01. The third-order valence-electron chi connectivity index (χ3n) is 3.30. The van der Waals surface area contributed by atoms with Crippen LogP contribution in [0.5, 0.6) is 0 Å². The molecular weight excluding hydrogens is 256 g/mol. The highest BCUT2D eigenvalue weighted by Crippen LogP contribution is 2.17. The van der Waals surface area contributed by atoms with Gasteiger partial charge in [-0.1, -0.05) is 19.3 Å². The highest BCUT2D eigenvalue weighted by molar-refractivity contribution is 5.85. The van der Waals surface area contributed by atoms with Gasteiger partial charge in [-0.05, 0) is 19.8 Å². The lowest BCUT2D eigenvalue weighted by atomic mass is 9.96. The first-order valence-electron chi connectivity index (χ1n) is 7.56. The molecule has 1 saturated carbocycles. The number of carbonyl (C=O) groups excluding carboxylic acids is 1.